The second-order valence-corrected chi connectivity index (χ2v) is 8.74. The van der Waals surface area contributed by atoms with E-state index in [1.807, 2.05) is 6.92 Å². The molecule has 0 radical (unpaired) electrons. The number of hydrogen-bond acceptors (Lipinski definition) is 6. The first-order chi connectivity index (χ1) is 11.8. The Morgan fingerprint density at radius 1 is 1.32 bits per heavy atom. The topological polar surface area (TPSA) is 80.8 Å². The summed E-state index contributed by atoms with van der Waals surface area (Å²) in [5, 5.41) is 1.78. The second-order valence-electron chi connectivity index (χ2n) is 5.93. The molecule has 0 fully saturated rings. The average Bonchev–Trinajstić information content (AvgIpc) is 3.17. The molecule has 25 heavy (non-hydrogen) atoms. The predicted molar refractivity (Wildman–Crippen MR) is 95.9 cm³/mol. The van der Waals surface area contributed by atoms with Crippen LogP contribution in [0.5, 0.6) is 0 Å². The van der Waals surface area contributed by atoms with Gasteiger partial charge in [0.25, 0.3) is 0 Å². The number of anilines is 1. The monoisotopic (exact) mass is 379 g/mol. The summed E-state index contributed by atoms with van der Waals surface area (Å²) in [5.41, 5.74) is 1.67. The number of Topliss-reactive ketones (excluding diaryl/α,β-unsaturated/α-hetero) is 1. The molecule has 1 atom stereocenters. The van der Waals surface area contributed by atoms with Crippen molar-refractivity contribution in [2.45, 2.75) is 19.4 Å². The predicted octanol–water partition coefficient (Wildman–Crippen LogP) is 2.50. The van der Waals surface area contributed by atoms with Gasteiger partial charge in [-0.2, -0.15) is 0 Å². The van der Waals surface area contributed by atoms with E-state index in [-0.39, 0.29) is 18.4 Å². The molecule has 1 aliphatic rings. The molecule has 1 aromatic heterocycles. The molecular weight excluding hydrogens is 362 g/mol. The molecule has 6 nitrogen and oxygen atoms in total. The molecule has 8 heteroatoms. The van der Waals surface area contributed by atoms with Gasteiger partial charge < -0.3 is 4.74 Å². The van der Waals surface area contributed by atoms with E-state index in [0.717, 1.165) is 11.8 Å². The first-order valence-electron chi connectivity index (χ1n) is 7.63. The van der Waals surface area contributed by atoms with Gasteiger partial charge in [0.2, 0.25) is 15.8 Å². The minimum absolute atomic E-state index is 0.198. The number of nitrogens with zero attached hydrogens (tertiary/aromatic N) is 1. The van der Waals surface area contributed by atoms with Gasteiger partial charge in [-0.05, 0) is 48.6 Å². The quantitative estimate of drug-likeness (QED) is 0.589. The molecule has 2 aromatic rings. The Labute approximate surface area is 150 Å². The Hall–Kier alpha value is -2.19. The van der Waals surface area contributed by atoms with Crippen LogP contribution in [0.4, 0.5) is 5.69 Å². The van der Waals surface area contributed by atoms with Crippen molar-refractivity contribution in [1.82, 2.24) is 0 Å². The lowest BCUT2D eigenvalue weighted by molar-refractivity contribution is 0.0476. The fourth-order valence-electron chi connectivity index (χ4n) is 2.96. The fraction of sp³-hybridized carbons (Fsp3) is 0.294. The molecule has 0 aliphatic carbocycles. The highest BCUT2D eigenvalue weighted by Gasteiger charge is 2.32. The summed E-state index contributed by atoms with van der Waals surface area (Å²) in [6.45, 7) is 1.50. The van der Waals surface area contributed by atoms with Crippen molar-refractivity contribution in [3.05, 3.63) is 51.7 Å². The number of carbonyl (C=O) groups is 2. The Kier molecular flexibility index (Phi) is 4.66. The van der Waals surface area contributed by atoms with Crippen LogP contribution in [-0.4, -0.2) is 39.1 Å². The van der Waals surface area contributed by atoms with E-state index >= 15 is 0 Å². The van der Waals surface area contributed by atoms with Gasteiger partial charge in [0.05, 0.1) is 22.4 Å². The number of fused-ring (bicyclic) bond motifs is 1. The highest BCUT2D eigenvalue weighted by atomic mass is 32.2. The summed E-state index contributed by atoms with van der Waals surface area (Å²) >= 11 is 1.29. The van der Waals surface area contributed by atoms with Crippen LogP contribution in [-0.2, 0) is 21.2 Å². The van der Waals surface area contributed by atoms with Gasteiger partial charge in [-0.1, -0.05) is 6.07 Å². The smallest absolute Gasteiger partial charge is 0.338 e. The molecule has 0 N–H and O–H groups in total. The summed E-state index contributed by atoms with van der Waals surface area (Å²) in [5.74, 6) is -0.848. The van der Waals surface area contributed by atoms with Crippen molar-refractivity contribution >= 4 is 38.8 Å². The number of thiophene rings is 1. The fourth-order valence-corrected chi connectivity index (χ4v) is 4.87. The third kappa shape index (κ3) is 3.59. The molecule has 1 aromatic carbocycles. The SMILES string of the molecule is C[C@H]1Cc2cc(C(=O)OCC(=O)c3cccs3)ccc2N1S(C)(=O)=O. The van der Waals surface area contributed by atoms with Crippen LogP contribution in [0.15, 0.2) is 35.7 Å². The molecule has 3 rings (SSSR count). The zero-order valence-electron chi connectivity index (χ0n) is 13.8. The number of ether oxygens (including phenoxy) is 1. The summed E-state index contributed by atoms with van der Waals surface area (Å²) in [4.78, 5) is 24.6. The van der Waals surface area contributed by atoms with E-state index in [4.69, 9.17) is 4.74 Å². The van der Waals surface area contributed by atoms with E-state index < -0.39 is 16.0 Å². The van der Waals surface area contributed by atoms with Crippen LogP contribution in [0, 0.1) is 0 Å². The van der Waals surface area contributed by atoms with E-state index in [1.54, 1.807) is 29.6 Å². The zero-order valence-corrected chi connectivity index (χ0v) is 15.4. The lowest BCUT2D eigenvalue weighted by Crippen LogP contribution is -2.34. The maximum atomic E-state index is 12.2. The molecule has 1 aliphatic heterocycles. The van der Waals surface area contributed by atoms with Crippen LogP contribution in [0.1, 0.15) is 32.5 Å². The summed E-state index contributed by atoms with van der Waals surface area (Å²) in [6.07, 6.45) is 1.69. The van der Waals surface area contributed by atoms with E-state index in [0.29, 0.717) is 22.5 Å². The maximum Gasteiger partial charge on any atom is 0.338 e. The van der Waals surface area contributed by atoms with Crippen LogP contribution >= 0.6 is 11.3 Å². The van der Waals surface area contributed by atoms with Gasteiger partial charge in [0.15, 0.2) is 6.61 Å². The number of esters is 1. The lowest BCUT2D eigenvalue weighted by atomic mass is 10.1. The van der Waals surface area contributed by atoms with Crippen molar-refractivity contribution < 1.29 is 22.7 Å². The molecule has 0 amide bonds. The molecule has 0 spiro atoms. The Morgan fingerprint density at radius 2 is 2.08 bits per heavy atom. The number of sulfonamides is 1. The number of hydrogen-bond donors (Lipinski definition) is 0. The van der Waals surface area contributed by atoms with E-state index in [1.165, 1.54) is 21.7 Å². The normalized spacial score (nSPS) is 16.6. The minimum atomic E-state index is -3.37. The molecule has 0 saturated heterocycles. The Bertz CT molecular complexity index is 919. The number of ketones is 1. The Balaban J connectivity index is 1.73. The molecular formula is C17H17NO5S2. The first kappa shape index (κ1) is 17.6. The third-order valence-corrected chi connectivity index (χ3v) is 6.14. The first-order valence-corrected chi connectivity index (χ1v) is 10.4. The highest BCUT2D eigenvalue weighted by molar-refractivity contribution is 7.92. The van der Waals surface area contributed by atoms with E-state index in [2.05, 4.69) is 0 Å². The van der Waals surface area contributed by atoms with Crippen molar-refractivity contribution in [2.75, 3.05) is 17.2 Å². The molecule has 132 valence electrons. The summed E-state index contributed by atoms with van der Waals surface area (Å²) in [7, 11) is -3.37. The number of rotatable bonds is 5. The summed E-state index contributed by atoms with van der Waals surface area (Å²) < 4.78 is 30.3. The van der Waals surface area contributed by atoms with Gasteiger partial charge in [0, 0.05) is 6.04 Å². The van der Waals surface area contributed by atoms with Gasteiger partial charge in [-0.3, -0.25) is 9.10 Å². The van der Waals surface area contributed by atoms with Crippen molar-refractivity contribution in [3.8, 4) is 0 Å². The third-order valence-electron chi connectivity index (χ3n) is 3.96. The Morgan fingerprint density at radius 3 is 2.72 bits per heavy atom. The van der Waals surface area contributed by atoms with Gasteiger partial charge >= 0.3 is 5.97 Å². The van der Waals surface area contributed by atoms with Crippen LogP contribution in [0.25, 0.3) is 0 Å². The average molecular weight is 379 g/mol. The van der Waals surface area contributed by atoms with Crippen molar-refractivity contribution in [1.29, 1.82) is 0 Å². The molecule has 0 bridgehead atoms. The molecule has 0 unspecified atom stereocenters. The van der Waals surface area contributed by atoms with Crippen molar-refractivity contribution in [3.63, 3.8) is 0 Å². The highest BCUT2D eigenvalue weighted by Crippen LogP contribution is 2.34. The van der Waals surface area contributed by atoms with E-state index in [9.17, 15) is 18.0 Å². The van der Waals surface area contributed by atoms with Gasteiger partial charge in [0.1, 0.15) is 0 Å². The second kappa shape index (κ2) is 6.61. The molecule has 0 saturated carbocycles. The zero-order chi connectivity index (χ0) is 18.2. The number of benzene rings is 1. The number of carbonyl (C=O) groups excluding carboxylic acids is 2. The van der Waals surface area contributed by atoms with Crippen LogP contribution in [0.2, 0.25) is 0 Å². The van der Waals surface area contributed by atoms with Gasteiger partial charge in [-0.25, -0.2) is 13.2 Å². The minimum Gasteiger partial charge on any atom is -0.454 e. The van der Waals surface area contributed by atoms with Crippen LogP contribution < -0.4 is 4.31 Å². The largest absolute Gasteiger partial charge is 0.454 e. The summed E-state index contributed by atoms with van der Waals surface area (Å²) in [6, 6.07) is 8.00. The standard InChI is InChI=1S/C17H17NO5S2/c1-11-8-13-9-12(5-6-14(13)18(11)25(2,21)22)17(20)23-10-15(19)16-4-3-7-24-16/h3-7,9,11H,8,10H2,1-2H3/t11-/m0/s1. The lowest BCUT2D eigenvalue weighted by Gasteiger charge is -2.21. The maximum absolute atomic E-state index is 12.2. The van der Waals surface area contributed by atoms with Crippen molar-refractivity contribution in [2.24, 2.45) is 0 Å². The van der Waals surface area contributed by atoms with Crippen LogP contribution in [0.3, 0.4) is 0 Å². The molecule has 2 heterocycles. The van der Waals surface area contributed by atoms with Gasteiger partial charge in [-0.15, -0.1) is 11.3 Å².